The van der Waals surface area contributed by atoms with Crippen LogP contribution in [0.4, 0.5) is 5.69 Å². The first-order valence-corrected chi connectivity index (χ1v) is 6.06. The largest absolute Gasteiger partial charge is 0.495 e. The van der Waals surface area contributed by atoms with Crippen molar-refractivity contribution in [1.82, 2.24) is 0 Å². The summed E-state index contributed by atoms with van der Waals surface area (Å²) in [6.07, 6.45) is 0.215. The molecule has 102 valence electrons. The van der Waals surface area contributed by atoms with Gasteiger partial charge in [-0.2, -0.15) is 0 Å². The zero-order chi connectivity index (χ0) is 13.8. The highest BCUT2D eigenvalue weighted by molar-refractivity contribution is 5.56. The molecule has 0 saturated carbocycles. The summed E-state index contributed by atoms with van der Waals surface area (Å²) in [6.45, 7) is 6.52. The van der Waals surface area contributed by atoms with Gasteiger partial charge in [0.2, 0.25) is 0 Å². The molecule has 1 aromatic carbocycles. The minimum Gasteiger partial charge on any atom is -0.495 e. The van der Waals surface area contributed by atoms with Gasteiger partial charge in [-0.15, -0.1) is 0 Å². The molecule has 3 N–H and O–H groups in total. The fourth-order valence-electron chi connectivity index (χ4n) is 1.76. The Morgan fingerprint density at radius 2 is 2.00 bits per heavy atom. The molecule has 0 saturated heterocycles. The molecule has 1 rings (SSSR count). The summed E-state index contributed by atoms with van der Waals surface area (Å²) < 4.78 is 10.6. The SMILES string of the molecule is COc1ccc(OC[C@@H](O)CC(C)(C)C)cc1N. The highest BCUT2D eigenvalue weighted by Gasteiger charge is 2.17. The number of nitrogens with two attached hydrogens (primary N) is 1. The van der Waals surface area contributed by atoms with E-state index in [0.717, 1.165) is 0 Å². The van der Waals surface area contributed by atoms with E-state index in [1.54, 1.807) is 25.3 Å². The second kappa shape index (κ2) is 5.96. The monoisotopic (exact) mass is 253 g/mol. The molecule has 0 aliphatic carbocycles. The van der Waals surface area contributed by atoms with Crippen LogP contribution in [0.5, 0.6) is 11.5 Å². The number of aliphatic hydroxyl groups is 1. The number of anilines is 1. The van der Waals surface area contributed by atoms with Crippen molar-refractivity contribution in [3.8, 4) is 11.5 Å². The van der Waals surface area contributed by atoms with Gasteiger partial charge in [0.25, 0.3) is 0 Å². The fraction of sp³-hybridized carbons (Fsp3) is 0.571. The topological polar surface area (TPSA) is 64.7 Å². The van der Waals surface area contributed by atoms with E-state index < -0.39 is 6.10 Å². The van der Waals surface area contributed by atoms with Crippen molar-refractivity contribution in [2.24, 2.45) is 5.41 Å². The van der Waals surface area contributed by atoms with Gasteiger partial charge in [-0.05, 0) is 24.0 Å². The third-order valence-electron chi connectivity index (χ3n) is 2.49. The van der Waals surface area contributed by atoms with E-state index in [2.05, 4.69) is 20.8 Å². The molecule has 4 nitrogen and oxygen atoms in total. The smallest absolute Gasteiger partial charge is 0.142 e. The van der Waals surface area contributed by atoms with Gasteiger partial charge in [-0.1, -0.05) is 20.8 Å². The van der Waals surface area contributed by atoms with Crippen molar-refractivity contribution in [2.45, 2.75) is 33.3 Å². The summed E-state index contributed by atoms with van der Waals surface area (Å²) >= 11 is 0. The Hall–Kier alpha value is -1.42. The molecular weight excluding hydrogens is 230 g/mol. The summed E-state index contributed by atoms with van der Waals surface area (Å²) in [7, 11) is 1.57. The van der Waals surface area contributed by atoms with E-state index in [9.17, 15) is 5.11 Å². The predicted molar refractivity (Wildman–Crippen MR) is 73.0 cm³/mol. The molecule has 0 aliphatic heterocycles. The van der Waals surface area contributed by atoms with E-state index in [1.807, 2.05) is 0 Å². The quantitative estimate of drug-likeness (QED) is 0.791. The minimum absolute atomic E-state index is 0.0850. The number of aliphatic hydroxyl groups excluding tert-OH is 1. The maximum Gasteiger partial charge on any atom is 0.142 e. The Kier molecular flexibility index (Phi) is 4.84. The molecule has 0 bridgehead atoms. The number of hydrogen-bond donors (Lipinski definition) is 2. The van der Waals surface area contributed by atoms with Crippen LogP contribution < -0.4 is 15.2 Å². The molecule has 0 spiro atoms. The molecule has 0 amide bonds. The Morgan fingerprint density at radius 3 is 2.50 bits per heavy atom. The molecule has 0 radical (unpaired) electrons. The lowest BCUT2D eigenvalue weighted by atomic mass is 9.89. The Balaban J connectivity index is 2.51. The third-order valence-corrected chi connectivity index (χ3v) is 2.49. The molecular formula is C14H23NO3. The third kappa shape index (κ3) is 4.84. The second-order valence-electron chi connectivity index (χ2n) is 5.63. The van der Waals surface area contributed by atoms with Crippen molar-refractivity contribution in [3.63, 3.8) is 0 Å². The van der Waals surface area contributed by atoms with Crippen LogP contribution in [0.25, 0.3) is 0 Å². The summed E-state index contributed by atoms with van der Waals surface area (Å²) in [5.41, 5.74) is 6.39. The van der Waals surface area contributed by atoms with Crippen LogP contribution in [-0.4, -0.2) is 24.9 Å². The molecule has 0 fully saturated rings. The average molecular weight is 253 g/mol. The minimum atomic E-state index is -0.478. The van der Waals surface area contributed by atoms with Crippen molar-refractivity contribution in [1.29, 1.82) is 0 Å². The molecule has 0 aliphatic rings. The number of benzene rings is 1. The number of hydrogen-bond acceptors (Lipinski definition) is 4. The number of methoxy groups -OCH3 is 1. The number of ether oxygens (including phenoxy) is 2. The van der Waals surface area contributed by atoms with Gasteiger partial charge in [0, 0.05) is 6.07 Å². The van der Waals surface area contributed by atoms with Crippen molar-refractivity contribution in [2.75, 3.05) is 19.5 Å². The average Bonchev–Trinajstić information content (AvgIpc) is 2.24. The van der Waals surface area contributed by atoms with Gasteiger partial charge in [0.1, 0.15) is 18.1 Å². The summed E-state index contributed by atoms with van der Waals surface area (Å²) in [5.74, 6) is 1.26. The van der Waals surface area contributed by atoms with Crippen molar-refractivity contribution >= 4 is 5.69 Å². The molecule has 0 aromatic heterocycles. The number of rotatable bonds is 5. The van der Waals surface area contributed by atoms with Crippen LogP contribution in [0.1, 0.15) is 27.2 Å². The van der Waals surface area contributed by atoms with Crippen LogP contribution in [0.2, 0.25) is 0 Å². The highest BCUT2D eigenvalue weighted by atomic mass is 16.5. The molecule has 0 heterocycles. The first-order chi connectivity index (χ1) is 8.31. The van der Waals surface area contributed by atoms with E-state index in [0.29, 0.717) is 23.6 Å². The predicted octanol–water partition coefficient (Wildman–Crippen LogP) is 2.45. The van der Waals surface area contributed by atoms with E-state index in [-0.39, 0.29) is 12.0 Å². The van der Waals surface area contributed by atoms with Crippen LogP contribution in [-0.2, 0) is 0 Å². The van der Waals surface area contributed by atoms with Gasteiger partial charge in [-0.25, -0.2) is 0 Å². The van der Waals surface area contributed by atoms with Crippen molar-refractivity contribution < 1.29 is 14.6 Å². The van der Waals surface area contributed by atoms with Crippen LogP contribution in [0.15, 0.2) is 18.2 Å². The van der Waals surface area contributed by atoms with Gasteiger partial charge in [0.15, 0.2) is 0 Å². The first kappa shape index (κ1) is 14.6. The Morgan fingerprint density at radius 1 is 1.33 bits per heavy atom. The zero-order valence-electron chi connectivity index (χ0n) is 11.6. The van der Waals surface area contributed by atoms with Crippen LogP contribution >= 0.6 is 0 Å². The number of nitrogen functional groups attached to an aromatic ring is 1. The van der Waals surface area contributed by atoms with Gasteiger partial charge in [0.05, 0.1) is 18.9 Å². The lowest BCUT2D eigenvalue weighted by Crippen LogP contribution is -2.23. The summed E-state index contributed by atoms with van der Waals surface area (Å²) in [5, 5.41) is 9.84. The summed E-state index contributed by atoms with van der Waals surface area (Å²) in [4.78, 5) is 0. The standard InChI is InChI=1S/C14H23NO3/c1-14(2,3)8-10(16)9-18-11-5-6-13(17-4)12(15)7-11/h5-7,10,16H,8-9,15H2,1-4H3/t10-/m0/s1. The normalized spacial score (nSPS) is 13.2. The first-order valence-electron chi connectivity index (χ1n) is 6.06. The molecule has 1 atom stereocenters. The second-order valence-corrected chi connectivity index (χ2v) is 5.63. The van der Waals surface area contributed by atoms with Gasteiger partial charge >= 0.3 is 0 Å². The maximum absolute atomic E-state index is 9.84. The fourth-order valence-corrected chi connectivity index (χ4v) is 1.76. The lowest BCUT2D eigenvalue weighted by molar-refractivity contribution is 0.0710. The maximum atomic E-state index is 9.84. The lowest BCUT2D eigenvalue weighted by Gasteiger charge is -2.22. The van der Waals surface area contributed by atoms with Gasteiger partial charge < -0.3 is 20.3 Å². The molecule has 4 heteroatoms. The van der Waals surface area contributed by atoms with Crippen molar-refractivity contribution in [3.05, 3.63) is 18.2 Å². The summed E-state index contributed by atoms with van der Waals surface area (Å²) in [6, 6.07) is 5.22. The van der Waals surface area contributed by atoms with E-state index in [4.69, 9.17) is 15.2 Å². The van der Waals surface area contributed by atoms with E-state index in [1.165, 1.54) is 0 Å². The Labute approximate surface area is 109 Å². The van der Waals surface area contributed by atoms with Crippen LogP contribution in [0.3, 0.4) is 0 Å². The van der Waals surface area contributed by atoms with E-state index >= 15 is 0 Å². The Bertz CT molecular complexity index is 385. The molecule has 0 unspecified atom stereocenters. The van der Waals surface area contributed by atoms with Gasteiger partial charge in [-0.3, -0.25) is 0 Å². The highest BCUT2D eigenvalue weighted by Crippen LogP contribution is 2.26. The molecule has 18 heavy (non-hydrogen) atoms. The zero-order valence-corrected chi connectivity index (χ0v) is 11.6. The van der Waals surface area contributed by atoms with Crippen LogP contribution in [0, 0.1) is 5.41 Å². The molecule has 1 aromatic rings.